The minimum Gasteiger partial charge on any atom is -0.399 e. The fraction of sp³-hybridized carbons (Fsp3) is 0.101. The van der Waals surface area contributed by atoms with E-state index < -0.39 is 0 Å². The molecule has 0 radical (unpaired) electrons. The second-order valence-electron chi connectivity index (χ2n) is 21.8. The third-order valence-electron chi connectivity index (χ3n) is 16.6. The molecule has 80 heavy (non-hydrogen) atoms. The van der Waals surface area contributed by atoms with Crippen molar-refractivity contribution >= 4 is 106 Å². The Morgan fingerprint density at radius 2 is 1.00 bits per heavy atom. The molecule has 0 unspecified atom stereocenters. The van der Waals surface area contributed by atoms with Crippen LogP contribution in [0.3, 0.4) is 0 Å². The predicted octanol–water partition coefficient (Wildman–Crippen LogP) is 16.7. The minimum atomic E-state index is -0.300. The second-order valence-corrected chi connectivity index (χ2v) is 22.8. The van der Waals surface area contributed by atoms with Crippen molar-refractivity contribution in [2.24, 2.45) is 0 Å². The van der Waals surface area contributed by atoms with Gasteiger partial charge in [-0.15, -0.1) is 0 Å². The number of H-pyrrole nitrogens is 1. The number of fused-ring (bicyclic) bond motifs is 16. The number of imidazole rings is 4. The van der Waals surface area contributed by atoms with E-state index in [1.165, 1.54) is 55.1 Å². The molecule has 1 aliphatic carbocycles. The third-order valence-corrected chi connectivity index (χ3v) is 17.1. The molecule has 1 aliphatic heterocycles. The molecule has 388 valence electrons. The highest BCUT2D eigenvalue weighted by Crippen LogP contribution is 2.41. The molecule has 1 fully saturated rings. The maximum Gasteiger partial charge on any atom is 0.495 e. The number of nitrogens with one attached hydrogen (secondary N) is 1. The Balaban J connectivity index is 0.000000113. The summed E-state index contributed by atoms with van der Waals surface area (Å²) in [5.41, 5.74) is 21.7. The van der Waals surface area contributed by atoms with E-state index in [1.54, 1.807) is 0 Å². The number of hydrogen-bond acceptors (Lipinski definition) is 4. The molecule has 17 rings (SSSR count). The number of nitrogens with zero attached hydrogens (tertiary/aromatic N) is 6. The van der Waals surface area contributed by atoms with E-state index in [0.717, 1.165) is 83.5 Å². The Morgan fingerprint density at radius 1 is 0.475 bits per heavy atom. The molecule has 1 saturated heterocycles. The standard InChI is InChI=1S/C31H20N4.C19H21BO2.C19H12BrN3.H2/c1-2-9-21(10-3-1)34-28-18-17-20(19-29(28)35-27-16-7-6-15-26(27)33-31(34)35)22-12-8-13-24-23-11-4-5-14-25(23)32-30(22)24;1-18(2)19(3,4)22-20(21-18)17-11-7-10-15-14-9-6-5-8-13(14)12-16(15)17;20-13-10-11-17-18(12-13)23-16-9-5-4-8-15(16)21-19(23)22(17)14-6-2-1-3-7-14;/h1-19,32H;5-11H,12H2,1-4H3;1-12H;1H. The van der Waals surface area contributed by atoms with E-state index in [2.05, 4.69) is 273 Å². The Hall–Kier alpha value is -9.00. The fourth-order valence-electron chi connectivity index (χ4n) is 12.1. The lowest BCUT2D eigenvalue weighted by molar-refractivity contribution is 0.00578. The van der Waals surface area contributed by atoms with Crippen LogP contribution >= 0.6 is 15.9 Å². The maximum atomic E-state index is 6.25. The van der Waals surface area contributed by atoms with E-state index in [-0.39, 0.29) is 19.7 Å². The zero-order chi connectivity index (χ0) is 53.9. The summed E-state index contributed by atoms with van der Waals surface area (Å²) in [5.74, 6) is 1.86. The van der Waals surface area contributed by atoms with Crippen LogP contribution in [0.5, 0.6) is 0 Å². The van der Waals surface area contributed by atoms with E-state index >= 15 is 0 Å². The van der Waals surface area contributed by atoms with Gasteiger partial charge in [0.15, 0.2) is 0 Å². The van der Waals surface area contributed by atoms with Crippen molar-refractivity contribution in [2.45, 2.75) is 45.3 Å². The van der Waals surface area contributed by atoms with Gasteiger partial charge in [-0.3, -0.25) is 17.9 Å². The molecule has 5 aromatic heterocycles. The lowest BCUT2D eigenvalue weighted by atomic mass is 9.74. The van der Waals surface area contributed by atoms with Crippen molar-refractivity contribution in [1.29, 1.82) is 0 Å². The zero-order valence-corrected chi connectivity index (χ0v) is 46.2. The van der Waals surface area contributed by atoms with E-state index in [1.807, 2.05) is 24.3 Å². The van der Waals surface area contributed by atoms with Crippen LogP contribution in [0.1, 0.15) is 40.2 Å². The molecule has 0 saturated carbocycles. The number of para-hydroxylation sites is 8. The van der Waals surface area contributed by atoms with Crippen LogP contribution in [-0.4, -0.2) is 51.2 Å². The van der Waals surface area contributed by atoms with Crippen molar-refractivity contribution in [3.05, 3.63) is 246 Å². The predicted molar refractivity (Wildman–Crippen MR) is 334 cm³/mol. The van der Waals surface area contributed by atoms with Crippen LogP contribution < -0.4 is 5.46 Å². The molecule has 10 aromatic carbocycles. The van der Waals surface area contributed by atoms with Gasteiger partial charge in [0, 0.05) is 39.1 Å². The van der Waals surface area contributed by atoms with E-state index in [9.17, 15) is 0 Å². The van der Waals surface area contributed by atoms with Gasteiger partial charge in [-0.2, -0.15) is 0 Å². The Morgan fingerprint density at radius 3 is 1.68 bits per heavy atom. The van der Waals surface area contributed by atoms with Gasteiger partial charge < -0.3 is 14.3 Å². The lowest BCUT2D eigenvalue weighted by Crippen LogP contribution is -2.41. The number of halogens is 1. The average molecular weight is 1100 g/mol. The highest BCUT2D eigenvalue weighted by atomic mass is 79.9. The fourth-order valence-corrected chi connectivity index (χ4v) is 12.4. The maximum absolute atomic E-state index is 6.25. The smallest absolute Gasteiger partial charge is 0.399 e. The number of aromatic nitrogens is 7. The summed E-state index contributed by atoms with van der Waals surface area (Å²) in [7, 11) is -0.283. The summed E-state index contributed by atoms with van der Waals surface area (Å²) in [6, 6.07) is 80.7. The first-order valence-corrected chi connectivity index (χ1v) is 28.0. The van der Waals surface area contributed by atoms with Crippen LogP contribution in [0.4, 0.5) is 0 Å². The molecule has 0 atom stereocenters. The van der Waals surface area contributed by atoms with E-state index in [4.69, 9.17) is 19.3 Å². The van der Waals surface area contributed by atoms with Gasteiger partial charge in [0.1, 0.15) is 0 Å². The highest BCUT2D eigenvalue weighted by Gasteiger charge is 2.52. The number of aromatic amines is 1. The number of hydrogen-bond donors (Lipinski definition) is 1. The van der Waals surface area contributed by atoms with Gasteiger partial charge >= 0.3 is 7.12 Å². The molecule has 11 heteroatoms. The summed E-state index contributed by atoms with van der Waals surface area (Å²) in [5, 5.41) is 2.50. The first-order chi connectivity index (χ1) is 39.1. The molecular formula is C69H55BBrN7O2. The molecule has 0 spiro atoms. The summed E-state index contributed by atoms with van der Waals surface area (Å²) < 4.78 is 22.5. The summed E-state index contributed by atoms with van der Waals surface area (Å²) in [6.07, 6.45) is 0.964. The van der Waals surface area contributed by atoms with Crippen molar-refractivity contribution in [1.82, 2.24) is 32.9 Å². The summed E-state index contributed by atoms with van der Waals surface area (Å²) in [6.45, 7) is 8.41. The van der Waals surface area contributed by atoms with Crippen LogP contribution in [0.2, 0.25) is 0 Å². The normalized spacial score (nSPS) is 14.3. The molecule has 0 bridgehead atoms. The summed E-state index contributed by atoms with van der Waals surface area (Å²) >= 11 is 3.59. The summed E-state index contributed by atoms with van der Waals surface area (Å²) in [4.78, 5) is 13.6. The third kappa shape index (κ3) is 7.67. The molecular weight excluding hydrogens is 1050 g/mol. The molecule has 0 amide bonds. The van der Waals surface area contributed by atoms with Gasteiger partial charge in [0.25, 0.3) is 0 Å². The lowest BCUT2D eigenvalue weighted by Gasteiger charge is -2.32. The van der Waals surface area contributed by atoms with Crippen LogP contribution in [0.15, 0.2) is 235 Å². The largest absolute Gasteiger partial charge is 0.495 e. The molecule has 9 nitrogen and oxygen atoms in total. The van der Waals surface area contributed by atoms with Crippen LogP contribution in [0.25, 0.3) is 111 Å². The van der Waals surface area contributed by atoms with Gasteiger partial charge in [-0.25, -0.2) is 9.97 Å². The van der Waals surface area contributed by atoms with Crippen LogP contribution in [-0.2, 0) is 15.7 Å². The SMILES string of the molecule is Brc1ccc2c(c1)n1c3ccccc3nc1n2-c1ccccc1.CC1(C)OB(c2cccc3c2Cc2ccccc2-3)OC1(C)C.[HH].c1ccc(-n2c3ccc(-c4cccc5c4[nH]c4ccccc45)cc3n3c4ccccc4nc23)cc1. The molecule has 15 aromatic rings. The molecule has 1 N–H and O–H groups in total. The van der Waals surface area contributed by atoms with E-state index in [0.29, 0.717) is 0 Å². The Labute approximate surface area is 472 Å². The van der Waals surface area contributed by atoms with Crippen molar-refractivity contribution in [3.8, 4) is 33.6 Å². The Kier molecular flexibility index (Phi) is 11.2. The zero-order valence-electron chi connectivity index (χ0n) is 44.6. The Bertz CT molecular complexity index is 4910. The number of benzene rings is 10. The van der Waals surface area contributed by atoms with Crippen molar-refractivity contribution < 1.29 is 10.7 Å². The average Bonchev–Trinajstić information content (AvgIpc) is 3.48. The van der Waals surface area contributed by atoms with Crippen molar-refractivity contribution in [2.75, 3.05) is 0 Å². The molecule has 2 aliphatic rings. The van der Waals surface area contributed by atoms with Gasteiger partial charge in [-0.05, 0) is 152 Å². The topological polar surface area (TPSA) is 78.7 Å². The quantitative estimate of drug-likeness (QED) is 0.178. The van der Waals surface area contributed by atoms with Gasteiger partial charge in [0.2, 0.25) is 11.6 Å². The van der Waals surface area contributed by atoms with Crippen molar-refractivity contribution in [3.63, 3.8) is 0 Å². The van der Waals surface area contributed by atoms with Crippen LogP contribution in [0, 0.1) is 0 Å². The number of rotatable bonds is 4. The highest BCUT2D eigenvalue weighted by molar-refractivity contribution is 9.10. The second kappa shape index (κ2) is 18.6. The minimum absolute atomic E-state index is 0. The van der Waals surface area contributed by atoms with Gasteiger partial charge in [-0.1, -0.05) is 162 Å². The first-order valence-electron chi connectivity index (χ1n) is 27.2. The first kappa shape index (κ1) is 48.2. The van der Waals surface area contributed by atoms with Gasteiger partial charge in [0.05, 0.1) is 60.9 Å². The molecule has 6 heterocycles. The monoisotopic (exact) mass is 1100 g/mol.